The Balaban J connectivity index is 2.27. The standard InChI is InChI=1S/C61H99N19O11/c1-7-35(5)48-58(90)72-40(50(64)82)26-27-46(81)71-33-39(63)51(83)73-42(24-17-29-69-60(65)66)53(85)77-44(31-37-19-11-9-12-20-37)55(87)74-41(23-15-16-28-62)52(84)76-45(32-38-21-13-10-14-22-38)56(88)75-43(25-18-30-70-61(67)68)54(86)79-49(36(6)8-2)59(91)78-47(34(3)4)57(89)80-48/h9-14,19-22,34-36,39-45,47-49H,7-8,15-18,23-33,62-63H2,1-6H3,(H2,64,82)(H,71,81)(H,72,90)(H,73,83)(H,74,87)(H,75,88)(H,76,84)(H,77,85)(H,78,91)(H,79,86)(H,80,89)(H4,65,66,69)(H4,67,68,70)/t35-,36-,39-,40-,41-,42-,43-,44-,45-,47-,48-,49-/m0/s1. The van der Waals surface area contributed by atoms with Gasteiger partial charge in [-0.1, -0.05) is 115 Å². The van der Waals surface area contributed by atoms with Crippen LogP contribution in [0, 0.1) is 17.8 Å². The molecule has 12 atom stereocenters. The molecule has 1 fully saturated rings. The van der Waals surface area contributed by atoms with E-state index < -0.39 is 156 Å². The van der Waals surface area contributed by atoms with Crippen LogP contribution in [0.3, 0.4) is 0 Å². The summed E-state index contributed by atoms with van der Waals surface area (Å²) >= 11 is 0. The van der Waals surface area contributed by atoms with Gasteiger partial charge in [0.1, 0.15) is 60.4 Å². The van der Waals surface area contributed by atoms with E-state index in [4.69, 9.17) is 40.1 Å². The second-order valence-corrected chi connectivity index (χ2v) is 23.3. The zero-order chi connectivity index (χ0) is 67.7. The number of nitrogens with zero attached hydrogens (tertiary/aromatic N) is 2. The Morgan fingerprint density at radius 1 is 0.484 bits per heavy atom. The third kappa shape index (κ3) is 27.4. The molecule has 30 nitrogen and oxygen atoms in total. The topological polar surface area (TPSA) is 515 Å². The molecule has 0 aliphatic carbocycles. The highest BCUT2D eigenvalue weighted by Gasteiger charge is 2.38. The lowest BCUT2D eigenvalue weighted by atomic mass is 9.94. The maximum absolute atomic E-state index is 14.9. The zero-order valence-electron chi connectivity index (χ0n) is 53.2. The summed E-state index contributed by atoms with van der Waals surface area (Å²) in [6, 6.07) is 3.52. The Kier molecular flexibility index (Phi) is 33.5. The number of unbranched alkanes of at least 4 members (excludes halogenated alkanes) is 1. The molecule has 24 N–H and O–H groups in total. The second-order valence-electron chi connectivity index (χ2n) is 23.3. The predicted molar refractivity (Wildman–Crippen MR) is 344 cm³/mol. The van der Waals surface area contributed by atoms with E-state index in [-0.39, 0.29) is 82.9 Å². The fraction of sp³-hybridized carbons (Fsp3) is 0.590. The van der Waals surface area contributed by atoms with Crippen molar-refractivity contribution >= 4 is 76.9 Å². The molecule has 0 spiro atoms. The summed E-state index contributed by atoms with van der Waals surface area (Å²) < 4.78 is 0. The quantitative estimate of drug-likeness (QED) is 0.0310. The van der Waals surface area contributed by atoms with Crippen LogP contribution in [-0.2, 0) is 65.6 Å². The number of nitrogens with two attached hydrogens (primary N) is 7. The van der Waals surface area contributed by atoms with Crippen LogP contribution in [0.1, 0.15) is 123 Å². The van der Waals surface area contributed by atoms with Gasteiger partial charge in [-0.05, 0) is 86.8 Å². The van der Waals surface area contributed by atoms with Crippen molar-refractivity contribution in [1.29, 1.82) is 0 Å². The number of benzene rings is 2. The van der Waals surface area contributed by atoms with Crippen molar-refractivity contribution in [3.63, 3.8) is 0 Å². The molecule has 504 valence electrons. The molecule has 2 aromatic carbocycles. The number of nitrogens with one attached hydrogen (secondary N) is 10. The van der Waals surface area contributed by atoms with Gasteiger partial charge >= 0.3 is 0 Å². The van der Waals surface area contributed by atoms with Crippen molar-refractivity contribution in [3.05, 3.63) is 71.8 Å². The summed E-state index contributed by atoms with van der Waals surface area (Å²) in [4.78, 5) is 165. The Labute approximate surface area is 532 Å². The third-order valence-electron chi connectivity index (χ3n) is 15.6. The predicted octanol–water partition coefficient (Wildman–Crippen LogP) is -3.46. The number of rotatable bonds is 22. The van der Waals surface area contributed by atoms with Gasteiger partial charge in [-0.25, -0.2) is 0 Å². The van der Waals surface area contributed by atoms with Crippen molar-refractivity contribution in [1.82, 2.24) is 53.2 Å². The molecule has 91 heavy (non-hydrogen) atoms. The maximum Gasteiger partial charge on any atom is 0.243 e. The molecule has 0 radical (unpaired) electrons. The summed E-state index contributed by atoms with van der Waals surface area (Å²) in [5, 5.41) is 27.0. The van der Waals surface area contributed by atoms with Gasteiger partial charge in [0.25, 0.3) is 0 Å². The first kappa shape index (κ1) is 76.3. The lowest BCUT2D eigenvalue weighted by molar-refractivity contribution is -0.137. The monoisotopic (exact) mass is 1270 g/mol. The number of aliphatic imine (C=N–C) groups is 2. The van der Waals surface area contributed by atoms with Gasteiger partial charge in [0.05, 0.1) is 0 Å². The van der Waals surface area contributed by atoms with E-state index in [0.717, 1.165) is 0 Å². The van der Waals surface area contributed by atoms with Gasteiger partial charge in [-0.15, -0.1) is 0 Å². The average molecular weight is 1270 g/mol. The van der Waals surface area contributed by atoms with Crippen LogP contribution >= 0.6 is 0 Å². The number of amides is 11. The zero-order valence-corrected chi connectivity index (χ0v) is 53.2. The van der Waals surface area contributed by atoms with Crippen LogP contribution in [0.4, 0.5) is 0 Å². The average Bonchev–Trinajstić information content (AvgIpc) is 1.11. The number of primary amides is 1. The molecule has 30 heteroatoms. The molecule has 3 rings (SSSR count). The van der Waals surface area contributed by atoms with E-state index in [2.05, 4.69) is 63.2 Å². The highest BCUT2D eigenvalue weighted by atomic mass is 16.2. The Bertz CT molecular complexity index is 2780. The van der Waals surface area contributed by atoms with Crippen LogP contribution in [0.25, 0.3) is 0 Å². The Morgan fingerprint density at radius 2 is 0.857 bits per heavy atom. The van der Waals surface area contributed by atoms with Crippen molar-refractivity contribution in [3.8, 4) is 0 Å². The minimum absolute atomic E-state index is 0.00570. The Hall–Kier alpha value is -8.93. The molecule has 0 bridgehead atoms. The summed E-state index contributed by atoms with van der Waals surface area (Å²) in [7, 11) is 0. The fourth-order valence-corrected chi connectivity index (χ4v) is 9.70. The van der Waals surface area contributed by atoms with Gasteiger partial charge in [-0.3, -0.25) is 62.7 Å². The van der Waals surface area contributed by atoms with E-state index >= 15 is 0 Å². The Morgan fingerprint density at radius 3 is 1.27 bits per heavy atom. The minimum Gasteiger partial charge on any atom is -0.370 e. The van der Waals surface area contributed by atoms with Crippen molar-refractivity contribution in [2.75, 3.05) is 26.2 Å². The first-order valence-electron chi connectivity index (χ1n) is 31.1. The minimum atomic E-state index is -1.47. The number of carbonyl (C=O) groups is 11. The van der Waals surface area contributed by atoms with E-state index in [1.807, 2.05) is 0 Å². The lowest BCUT2D eigenvalue weighted by Gasteiger charge is -2.31. The molecule has 0 aromatic heterocycles. The molecular formula is C61H99N19O11. The largest absolute Gasteiger partial charge is 0.370 e. The fourth-order valence-electron chi connectivity index (χ4n) is 9.70. The van der Waals surface area contributed by atoms with Crippen LogP contribution in [0.2, 0.25) is 0 Å². The summed E-state index contributed by atoms with van der Waals surface area (Å²) in [5.41, 5.74) is 41.4. The summed E-state index contributed by atoms with van der Waals surface area (Å²) in [6.07, 6.45) is 0.569. The second kappa shape index (κ2) is 39.9. The smallest absolute Gasteiger partial charge is 0.243 e. The van der Waals surface area contributed by atoms with Crippen LogP contribution in [0.5, 0.6) is 0 Å². The van der Waals surface area contributed by atoms with E-state index in [1.54, 1.807) is 102 Å². The van der Waals surface area contributed by atoms with Gasteiger partial charge in [0, 0.05) is 38.9 Å². The molecule has 1 aliphatic heterocycles. The first-order valence-corrected chi connectivity index (χ1v) is 31.1. The molecule has 0 saturated carbocycles. The molecule has 0 unspecified atom stereocenters. The molecule has 11 amide bonds. The maximum atomic E-state index is 14.9. The van der Waals surface area contributed by atoms with E-state index in [0.29, 0.717) is 36.8 Å². The summed E-state index contributed by atoms with van der Waals surface area (Å²) in [6.45, 7) is 10.1. The van der Waals surface area contributed by atoms with Crippen molar-refractivity contribution in [2.45, 2.75) is 185 Å². The van der Waals surface area contributed by atoms with Crippen molar-refractivity contribution < 1.29 is 52.7 Å². The van der Waals surface area contributed by atoms with Crippen molar-refractivity contribution in [2.24, 2.45) is 67.9 Å². The highest BCUT2D eigenvalue weighted by Crippen LogP contribution is 2.16. The molecular weight excluding hydrogens is 1170 g/mol. The first-order chi connectivity index (χ1) is 43.2. The number of carbonyl (C=O) groups excluding carboxylic acids is 11. The van der Waals surface area contributed by atoms with Crippen LogP contribution in [0.15, 0.2) is 70.6 Å². The summed E-state index contributed by atoms with van der Waals surface area (Å²) in [5.74, 6) is -11.3. The SMILES string of the molecule is CC[C@H](C)[C@@H]1NC(=O)[C@H](CCCN=C(N)N)NC(=O)[C@H](Cc2ccccc2)NC(=O)[C@H](CCCCN)NC(=O)[C@H](Cc2ccccc2)NC(=O)[C@H](CCCN=C(N)N)NC(=O)[C@@H](N)CNC(=O)CC[C@@H](C(N)=O)NC(=O)[C@H]([C@@H](C)CC)NC(=O)[C@H](C(C)C)NC1=O. The molecule has 1 aliphatic rings. The van der Waals surface area contributed by atoms with Gasteiger partial charge < -0.3 is 93.3 Å². The van der Waals surface area contributed by atoms with Crippen LogP contribution in [-0.4, -0.2) is 163 Å². The molecule has 1 saturated heterocycles. The van der Waals surface area contributed by atoms with Gasteiger partial charge in [-0.2, -0.15) is 0 Å². The van der Waals surface area contributed by atoms with Crippen LogP contribution < -0.4 is 93.3 Å². The number of hydrogen-bond donors (Lipinski definition) is 17. The van der Waals surface area contributed by atoms with Gasteiger partial charge in [0.2, 0.25) is 65.0 Å². The molecule has 1 heterocycles. The number of hydrogen-bond acceptors (Lipinski definition) is 15. The molecule has 2 aromatic rings. The van der Waals surface area contributed by atoms with E-state index in [1.165, 1.54) is 0 Å². The van der Waals surface area contributed by atoms with Gasteiger partial charge in [0.15, 0.2) is 11.9 Å². The lowest BCUT2D eigenvalue weighted by Crippen LogP contribution is -2.62. The highest BCUT2D eigenvalue weighted by molar-refractivity contribution is 5.99. The normalized spacial score (nSPS) is 24.4. The number of guanidine groups is 2. The van der Waals surface area contributed by atoms with E-state index in [9.17, 15) is 52.7 Å². The third-order valence-corrected chi connectivity index (χ3v) is 15.6.